The van der Waals surface area contributed by atoms with Gasteiger partial charge in [0.25, 0.3) is 5.91 Å². The lowest BCUT2D eigenvalue weighted by molar-refractivity contribution is 0.100. The Morgan fingerprint density at radius 3 is 2.70 bits per heavy atom. The van der Waals surface area contributed by atoms with Gasteiger partial charge in [-0.05, 0) is 34.1 Å². The number of thiazole rings is 1. The van der Waals surface area contributed by atoms with E-state index < -0.39 is 0 Å². The molecule has 0 aliphatic rings. The largest absolute Gasteiger partial charge is 0.496 e. The Morgan fingerprint density at radius 2 is 2.15 bits per heavy atom. The Balaban J connectivity index is 2.15. The first-order valence-corrected chi connectivity index (χ1v) is 7.30. The predicted octanol–water partition coefficient (Wildman–Crippen LogP) is 3.37. The minimum absolute atomic E-state index is 0.131. The normalized spacial score (nSPS) is 10.2. The fourth-order valence-corrected chi connectivity index (χ4v) is 2.76. The quantitative estimate of drug-likeness (QED) is 0.854. The van der Waals surface area contributed by atoms with Gasteiger partial charge in [0.1, 0.15) is 11.4 Å². The topological polar surface area (TPSA) is 68.3 Å². The van der Waals surface area contributed by atoms with E-state index in [9.17, 15) is 9.59 Å². The lowest BCUT2D eigenvalue weighted by Gasteiger charge is -2.06. The maximum atomic E-state index is 12.1. The van der Waals surface area contributed by atoms with Gasteiger partial charge >= 0.3 is 0 Å². The number of nitrogens with zero attached hydrogens (tertiary/aromatic N) is 1. The van der Waals surface area contributed by atoms with Crippen molar-refractivity contribution < 1.29 is 14.3 Å². The van der Waals surface area contributed by atoms with Gasteiger partial charge in [-0.1, -0.05) is 0 Å². The van der Waals surface area contributed by atoms with E-state index in [0.29, 0.717) is 26.6 Å². The Bertz CT molecular complexity index is 669. The van der Waals surface area contributed by atoms with Gasteiger partial charge in [-0.3, -0.25) is 14.9 Å². The molecular formula is C13H11BrN2O3S. The second-order valence-corrected chi connectivity index (χ2v) is 5.61. The maximum absolute atomic E-state index is 12.1. The fourth-order valence-electron chi connectivity index (χ4n) is 1.47. The molecule has 2 rings (SSSR count). The molecule has 5 nitrogen and oxygen atoms in total. The first kappa shape index (κ1) is 14.7. The molecular weight excluding hydrogens is 344 g/mol. The Morgan fingerprint density at radius 1 is 1.40 bits per heavy atom. The zero-order chi connectivity index (χ0) is 14.7. The highest BCUT2D eigenvalue weighted by atomic mass is 79.9. The van der Waals surface area contributed by atoms with Gasteiger partial charge in [0.2, 0.25) is 0 Å². The SMILES string of the molecule is COc1ccc(C(=O)Nc2nc(C(C)=O)cs2)cc1Br. The van der Waals surface area contributed by atoms with Crippen LogP contribution in [0, 0.1) is 0 Å². The van der Waals surface area contributed by atoms with Gasteiger partial charge in [-0.15, -0.1) is 11.3 Å². The molecule has 1 aromatic heterocycles. The summed E-state index contributed by atoms with van der Waals surface area (Å²) in [6, 6.07) is 5.01. The van der Waals surface area contributed by atoms with Crippen molar-refractivity contribution in [1.82, 2.24) is 4.98 Å². The average Bonchev–Trinajstić information content (AvgIpc) is 2.87. The number of carbonyl (C=O) groups is 2. The molecule has 0 saturated heterocycles. The van der Waals surface area contributed by atoms with Crippen molar-refractivity contribution in [1.29, 1.82) is 0 Å². The molecule has 0 aliphatic carbocycles. The van der Waals surface area contributed by atoms with Gasteiger partial charge in [-0.25, -0.2) is 4.98 Å². The number of ether oxygens (including phenoxy) is 1. The number of carbonyl (C=O) groups excluding carboxylic acids is 2. The molecule has 0 radical (unpaired) electrons. The van der Waals surface area contributed by atoms with Gasteiger partial charge < -0.3 is 4.74 Å². The minimum atomic E-state index is -0.294. The second-order valence-electron chi connectivity index (χ2n) is 3.90. The highest BCUT2D eigenvalue weighted by Gasteiger charge is 2.12. The van der Waals surface area contributed by atoms with Crippen LogP contribution in [-0.2, 0) is 0 Å². The van der Waals surface area contributed by atoms with Crippen molar-refractivity contribution in [2.45, 2.75) is 6.92 Å². The Kier molecular flexibility index (Phi) is 4.51. The molecule has 1 aromatic carbocycles. The van der Waals surface area contributed by atoms with E-state index in [1.54, 1.807) is 30.7 Å². The number of methoxy groups -OCH3 is 1. The molecule has 0 aliphatic heterocycles. The number of Topliss-reactive ketones (excluding diaryl/α,β-unsaturated/α-hetero) is 1. The molecule has 0 spiro atoms. The highest BCUT2D eigenvalue weighted by molar-refractivity contribution is 9.10. The van der Waals surface area contributed by atoms with Crippen molar-refractivity contribution in [2.24, 2.45) is 0 Å². The van der Waals surface area contributed by atoms with Crippen LogP contribution in [0.3, 0.4) is 0 Å². The number of anilines is 1. The third kappa shape index (κ3) is 3.23. The van der Waals surface area contributed by atoms with E-state index in [1.165, 1.54) is 18.3 Å². The number of amides is 1. The summed E-state index contributed by atoms with van der Waals surface area (Å²) in [4.78, 5) is 27.2. The molecule has 1 N–H and O–H groups in total. The third-order valence-corrected chi connectivity index (χ3v) is 3.88. The minimum Gasteiger partial charge on any atom is -0.496 e. The van der Waals surface area contributed by atoms with Crippen molar-refractivity contribution in [3.05, 3.63) is 39.3 Å². The number of rotatable bonds is 4. The molecule has 0 unspecified atom stereocenters. The predicted molar refractivity (Wildman–Crippen MR) is 80.8 cm³/mol. The number of hydrogen-bond donors (Lipinski definition) is 1. The molecule has 104 valence electrons. The van der Waals surface area contributed by atoms with E-state index in [2.05, 4.69) is 26.2 Å². The molecule has 0 fully saturated rings. The number of aromatic nitrogens is 1. The summed E-state index contributed by atoms with van der Waals surface area (Å²) in [5.74, 6) is 0.224. The molecule has 0 bridgehead atoms. The molecule has 20 heavy (non-hydrogen) atoms. The zero-order valence-corrected chi connectivity index (χ0v) is 13.2. The van der Waals surface area contributed by atoms with Crippen LogP contribution in [0.2, 0.25) is 0 Å². The van der Waals surface area contributed by atoms with E-state index in [4.69, 9.17) is 4.74 Å². The zero-order valence-electron chi connectivity index (χ0n) is 10.8. The summed E-state index contributed by atoms with van der Waals surface area (Å²) in [7, 11) is 1.55. The van der Waals surface area contributed by atoms with Crippen LogP contribution in [0.25, 0.3) is 0 Å². The van der Waals surface area contributed by atoms with Crippen molar-refractivity contribution in [3.8, 4) is 5.75 Å². The van der Waals surface area contributed by atoms with Crippen LogP contribution in [0.5, 0.6) is 5.75 Å². The Hall–Kier alpha value is -1.73. The number of nitrogens with one attached hydrogen (secondary N) is 1. The van der Waals surface area contributed by atoms with E-state index >= 15 is 0 Å². The Labute approximate surface area is 128 Å². The second kappa shape index (κ2) is 6.15. The van der Waals surface area contributed by atoms with Crippen LogP contribution < -0.4 is 10.1 Å². The fraction of sp³-hybridized carbons (Fsp3) is 0.154. The van der Waals surface area contributed by atoms with Crippen molar-refractivity contribution in [2.75, 3.05) is 12.4 Å². The summed E-state index contributed by atoms with van der Waals surface area (Å²) in [6.07, 6.45) is 0. The molecule has 1 amide bonds. The highest BCUT2D eigenvalue weighted by Crippen LogP contribution is 2.26. The van der Waals surface area contributed by atoms with Crippen molar-refractivity contribution in [3.63, 3.8) is 0 Å². The summed E-state index contributed by atoms with van der Waals surface area (Å²) < 4.78 is 5.79. The van der Waals surface area contributed by atoms with E-state index in [-0.39, 0.29) is 11.7 Å². The monoisotopic (exact) mass is 354 g/mol. The number of halogens is 1. The third-order valence-electron chi connectivity index (χ3n) is 2.50. The van der Waals surface area contributed by atoms with E-state index in [1.807, 2.05) is 0 Å². The average molecular weight is 355 g/mol. The molecule has 7 heteroatoms. The van der Waals surface area contributed by atoms with Crippen LogP contribution >= 0.6 is 27.3 Å². The van der Waals surface area contributed by atoms with Crippen LogP contribution in [-0.4, -0.2) is 23.8 Å². The summed E-state index contributed by atoms with van der Waals surface area (Å²) in [5.41, 5.74) is 0.818. The van der Waals surface area contributed by atoms with Gasteiger partial charge in [-0.2, -0.15) is 0 Å². The van der Waals surface area contributed by atoms with Crippen LogP contribution in [0.1, 0.15) is 27.8 Å². The summed E-state index contributed by atoms with van der Waals surface area (Å²) in [6.45, 7) is 1.43. The first-order chi connectivity index (χ1) is 9.51. The van der Waals surface area contributed by atoms with Gasteiger partial charge in [0.05, 0.1) is 11.6 Å². The smallest absolute Gasteiger partial charge is 0.257 e. The van der Waals surface area contributed by atoms with Crippen LogP contribution in [0.4, 0.5) is 5.13 Å². The lowest BCUT2D eigenvalue weighted by Crippen LogP contribution is -2.12. The number of hydrogen-bond acceptors (Lipinski definition) is 5. The standard InChI is InChI=1S/C13H11BrN2O3S/c1-7(17)10-6-20-13(15-10)16-12(18)8-3-4-11(19-2)9(14)5-8/h3-6H,1-2H3,(H,15,16,18). The maximum Gasteiger partial charge on any atom is 0.257 e. The molecule has 1 heterocycles. The van der Waals surface area contributed by atoms with E-state index in [0.717, 1.165) is 0 Å². The summed E-state index contributed by atoms with van der Waals surface area (Å²) >= 11 is 4.53. The van der Waals surface area contributed by atoms with Crippen LogP contribution in [0.15, 0.2) is 28.1 Å². The van der Waals surface area contributed by atoms with Crippen molar-refractivity contribution >= 4 is 44.1 Å². The van der Waals surface area contributed by atoms with Gasteiger partial charge in [0.15, 0.2) is 10.9 Å². The molecule has 0 atom stereocenters. The number of benzene rings is 1. The molecule has 0 saturated carbocycles. The first-order valence-electron chi connectivity index (χ1n) is 5.62. The number of ketones is 1. The lowest BCUT2D eigenvalue weighted by atomic mass is 10.2. The summed E-state index contributed by atoms with van der Waals surface area (Å²) in [5, 5.41) is 4.66. The van der Waals surface area contributed by atoms with Gasteiger partial charge in [0, 0.05) is 17.9 Å². The molecule has 2 aromatic rings.